The Hall–Kier alpha value is -1.99. The van der Waals surface area contributed by atoms with Gasteiger partial charge in [-0.15, -0.1) is 13.2 Å². The fourth-order valence-corrected chi connectivity index (χ4v) is 1.30. The minimum absolute atomic E-state index is 0.0726. The van der Waals surface area contributed by atoms with Gasteiger partial charge in [0.05, 0.1) is 13.7 Å². The van der Waals surface area contributed by atoms with Crippen molar-refractivity contribution in [2.24, 2.45) is 0 Å². The molecule has 0 aliphatic heterocycles. The number of halogens is 3. The van der Waals surface area contributed by atoms with Gasteiger partial charge in [-0.25, -0.2) is 9.78 Å². The van der Waals surface area contributed by atoms with E-state index in [0.717, 1.165) is 6.07 Å². The van der Waals surface area contributed by atoms with Crippen molar-refractivity contribution < 1.29 is 32.2 Å². The standard InChI is InChI=1S/C11H12F3NO4/c1-4-18-10(16)9-6(2)7(19-11(12,13)14)5-8(15-9)17-3/h5H,4H2,1-3H3. The molecule has 0 bridgehead atoms. The third kappa shape index (κ3) is 4.01. The zero-order chi connectivity index (χ0) is 14.6. The SMILES string of the molecule is CCOC(=O)c1nc(OC)cc(OC(F)(F)F)c1C. The minimum atomic E-state index is -4.87. The van der Waals surface area contributed by atoms with Gasteiger partial charge in [0, 0.05) is 11.6 Å². The van der Waals surface area contributed by atoms with Gasteiger partial charge in [0.15, 0.2) is 5.69 Å². The summed E-state index contributed by atoms with van der Waals surface area (Å²) in [7, 11) is 1.21. The summed E-state index contributed by atoms with van der Waals surface area (Å²) >= 11 is 0. The Kier molecular flexibility index (Phi) is 4.57. The molecule has 19 heavy (non-hydrogen) atoms. The number of ether oxygens (including phenoxy) is 3. The van der Waals surface area contributed by atoms with Crippen LogP contribution in [0.5, 0.6) is 11.6 Å². The van der Waals surface area contributed by atoms with Gasteiger partial charge in [-0.3, -0.25) is 0 Å². The van der Waals surface area contributed by atoms with Crippen molar-refractivity contribution in [3.63, 3.8) is 0 Å². The summed E-state index contributed by atoms with van der Waals surface area (Å²) in [5.74, 6) is -1.57. The molecule has 8 heteroatoms. The lowest BCUT2D eigenvalue weighted by Crippen LogP contribution is -2.19. The van der Waals surface area contributed by atoms with Gasteiger partial charge in [-0.2, -0.15) is 0 Å². The van der Waals surface area contributed by atoms with Gasteiger partial charge in [0.25, 0.3) is 0 Å². The first kappa shape index (κ1) is 15.1. The molecule has 0 N–H and O–H groups in total. The van der Waals surface area contributed by atoms with E-state index in [0.29, 0.717) is 0 Å². The van der Waals surface area contributed by atoms with Crippen LogP contribution in [0.4, 0.5) is 13.2 Å². The van der Waals surface area contributed by atoms with Crippen LogP contribution in [0.1, 0.15) is 23.0 Å². The highest BCUT2D eigenvalue weighted by Gasteiger charge is 2.33. The normalized spacial score (nSPS) is 11.1. The molecule has 1 rings (SSSR count). The fourth-order valence-electron chi connectivity index (χ4n) is 1.30. The highest BCUT2D eigenvalue weighted by molar-refractivity contribution is 5.89. The van der Waals surface area contributed by atoms with Gasteiger partial charge in [0.1, 0.15) is 5.75 Å². The maximum atomic E-state index is 12.2. The lowest BCUT2D eigenvalue weighted by molar-refractivity contribution is -0.274. The van der Waals surface area contributed by atoms with Gasteiger partial charge >= 0.3 is 12.3 Å². The van der Waals surface area contributed by atoms with Crippen LogP contribution in [0.15, 0.2) is 6.07 Å². The second-order valence-corrected chi connectivity index (χ2v) is 3.40. The molecule has 0 saturated heterocycles. The summed E-state index contributed by atoms with van der Waals surface area (Å²) in [5, 5.41) is 0. The summed E-state index contributed by atoms with van der Waals surface area (Å²) in [5.41, 5.74) is -0.350. The lowest BCUT2D eigenvalue weighted by Gasteiger charge is -2.14. The summed E-state index contributed by atoms with van der Waals surface area (Å²) < 4.78 is 50.0. The molecule has 0 amide bonds. The molecule has 1 aromatic rings. The number of methoxy groups -OCH3 is 1. The van der Waals surface area contributed by atoms with Crippen molar-refractivity contribution in [3.05, 3.63) is 17.3 Å². The van der Waals surface area contributed by atoms with Crippen molar-refractivity contribution in [2.45, 2.75) is 20.2 Å². The number of nitrogens with zero attached hydrogens (tertiary/aromatic N) is 1. The van der Waals surface area contributed by atoms with E-state index in [1.54, 1.807) is 6.92 Å². The van der Waals surface area contributed by atoms with Crippen LogP contribution in [0, 0.1) is 6.92 Å². The van der Waals surface area contributed by atoms with Crippen LogP contribution >= 0.6 is 0 Å². The van der Waals surface area contributed by atoms with Gasteiger partial charge in [-0.05, 0) is 13.8 Å². The largest absolute Gasteiger partial charge is 0.573 e. The Morgan fingerprint density at radius 3 is 2.53 bits per heavy atom. The average molecular weight is 279 g/mol. The summed E-state index contributed by atoms with van der Waals surface area (Å²) in [6.07, 6.45) is -4.87. The molecule has 0 aliphatic rings. The number of esters is 1. The molecule has 5 nitrogen and oxygen atoms in total. The van der Waals surface area contributed by atoms with Gasteiger partial charge in [0.2, 0.25) is 5.88 Å². The zero-order valence-corrected chi connectivity index (χ0v) is 10.5. The van der Waals surface area contributed by atoms with E-state index in [9.17, 15) is 18.0 Å². The molecule has 0 unspecified atom stereocenters. The molecule has 1 aromatic heterocycles. The monoisotopic (exact) mass is 279 g/mol. The molecular formula is C11H12F3NO4. The van der Waals surface area contributed by atoms with Gasteiger partial charge in [-0.1, -0.05) is 0 Å². The number of carbonyl (C=O) groups is 1. The average Bonchev–Trinajstić information content (AvgIpc) is 2.30. The maximum absolute atomic E-state index is 12.2. The number of alkyl halides is 3. The fraction of sp³-hybridized carbons (Fsp3) is 0.455. The Morgan fingerprint density at radius 1 is 1.42 bits per heavy atom. The second kappa shape index (κ2) is 5.77. The molecule has 0 aliphatic carbocycles. The summed E-state index contributed by atoms with van der Waals surface area (Å²) in [4.78, 5) is 15.3. The first-order chi connectivity index (χ1) is 8.78. The Morgan fingerprint density at radius 2 is 2.05 bits per heavy atom. The zero-order valence-electron chi connectivity index (χ0n) is 10.5. The highest BCUT2D eigenvalue weighted by atomic mass is 19.4. The van der Waals surface area contributed by atoms with Crippen molar-refractivity contribution in [3.8, 4) is 11.6 Å². The Balaban J connectivity index is 3.24. The number of carbonyl (C=O) groups excluding carboxylic acids is 1. The third-order valence-electron chi connectivity index (χ3n) is 2.10. The van der Waals surface area contributed by atoms with Crippen LogP contribution in [0.2, 0.25) is 0 Å². The predicted molar refractivity (Wildman–Crippen MR) is 58.2 cm³/mol. The van der Waals surface area contributed by atoms with Crippen LogP contribution in [0.3, 0.4) is 0 Å². The van der Waals surface area contributed by atoms with E-state index < -0.39 is 18.1 Å². The lowest BCUT2D eigenvalue weighted by atomic mass is 10.2. The smallest absolute Gasteiger partial charge is 0.481 e. The van der Waals surface area contributed by atoms with E-state index in [-0.39, 0.29) is 23.7 Å². The molecule has 0 saturated carbocycles. The molecule has 0 spiro atoms. The van der Waals surface area contributed by atoms with Gasteiger partial charge < -0.3 is 14.2 Å². The van der Waals surface area contributed by atoms with E-state index in [2.05, 4.69) is 9.72 Å². The maximum Gasteiger partial charge on any atom is 0.573 e. The third-order valence-corrected chi connectivity index (χ3v) is 2.10. The van der Waals surface area contributed by atoms with Crippen LogP contribution in [0.25, 0.3) is 0 Å². The van der Waals surface area contributed by atoms with Crippen molar-refractivity contribution in [2.75, 3.05) is 13.7 Å². The van der Waals surface area contributed by atoms with Crippen LogP contribution < -0.4 is 9.47 Å². The molecule has 0 aromatic carbocycles. The quantitative estimate of drug-likeness (QED) is 0.792. The van der Waals surface area contributed by atoms with E-state index in [1.807, 2.05) is 0 Å². The molecule has 1 heterocycles. The number of rotatable bonds is 4. The molecule has 0 fully saturated rings. The topological polar surface area (TPSA) is 57.7 Å². The van der Waals surface area contributed by atoms with Crippen molar-refractivity contribution in [1.29, 1.82) is 0 Å². The molecular weight excluding hydrogens is 267 g/mol. The number of pyridine rings is 1. The summed E-state index contributed by atoms with van der Waals surface area (Å²) in [6.45, 7) is 2.92. The number of aromatic nitrogens is 1. The molecule has 0 radical (unpaired) electrons. The number of hydrogen-bond donors (Lipinski definition) is 0. The highest BCUT2D eigenvalue weighted by Crippen LogP contribution is 2.30. The van der Waals surface area contributed by atoms with Crippen LogP contribution in [-0.2, 0) is 4.74 Å². The Labute approximate surface area is 107 Å². The second-order valence-electron chi connectivity index (χ2n) is 3.40. The molecule has 106 valence electrons. The minimum Gasteiger partial charge on any atom is -0.481 e. The van der Waals surface area contributed by atoms with E-state index in [1.165, 1.54) is 14.0 Å². The van der Waals surface area contributed by atoms with Crippen molar-refractivity contribution >= 4 is 5.97 Å². The first-order valence-electron chi connectivity index (χ1n) is 5.27. The first-order valence-corrected chi connectivity index (χ1v) is 5.27. The van der Waals surface area contributed by atoms with Crippen LogP contribution in [-0.4, -0.2) is 31.0 Å². The predicted octanol–water partition coefficient (Wildman–Crippen LogP) is 2.47. The summed E-state index contributed by atoms with van der Waals surface area (Å²) in [6, 6.07) is 0.950. The molecule has 0 atom stereocenters. The van der Waals surface area contributed by atoms with E-state index in [4.69, 9.17) is 9.47 Å². The van der Waals surface area contributed by atoms with Crippen molar-refractivity contribution in [1.82, 2.24) is 4.98 Å². The number of hydrogen-bond acceptors (Lipinski definition) is 5. The van der Waals surface area contributed by atoms with E-state index >= 15 is 0 Å². The Bertz CT molecular complexity index is 474.